The van der Waals surface area contributed by atoms with Crippen molar-refractivity contribution in [1.29, 1.82) is 0 Å². The number of carbonyl (C=O) groups is 1. The Labute approximate surface area is 135 Å². The molecule has 108 valence electrons. The van der Waals surface area contributed by atoms with Gasteiger partial charge in [-0.15, -0.1) is 6.42 Å². The molecule has 0 aliphatic carbocycles. The first-order valence-corrected chi connectivity index (χ1v) is 7.33. The maximum Gasteiger partial charge on any atom is 0.339 e. The Bertz CT molecular complexity index is 893. The summed E-state index contributed by atoms with van der Waals surface area (Å²) in [6.45, 7) is -0.0396. The van der Waals surface area contributed by atoms with Crippen LogP contribution in [-0.4, -0.2) is 22.5 Å². The molecule has 22 heavy (non-hydrogen) atoms. The van der Waals surface area contributed by atoms with Gasteiger partial charge >= 0.3 is 5.97 Å². The molecule has 0 atom stereocenters. The van der Waals surface area contributed by atoms with E-state index in [1.54, 1.807) is 18.2 Å². The number of imidazole rings is 1. The Morgan fingerprint density at radius 1 is 1.32 bits per heavy atom. The summed E-state index contributed by atoms with van der Waals surface area (Å²) in [5.74, 6) is 2.55. The monoisotopic (exact) mass is 354 g/mol. The van der Waals surface area contributed by atoms with Gasteiger partial charge in [-0.25, -0.2) is 9.78 Å². The van der Waals surface area contributed by atoms with Crippen molar-refractivity contribution in [2.24, 2.45) is 0 Å². The molecular weight excluding hydrogens is 344 g/mol. The minimum Gasteiger partial charge on any atom is -0.449 e. The van der Waals surface area contributed by atoms with Gasteiger partial charge in [0.2, 0.25) is 0 Å². The topological polar surface area (TPSA) is 55.0 Å². The van der Waals surface area contributed by atoms with Crippen LogP contribution in [0, 0.1) is 12.3 Å². The van der Waals surface area contributed by atoms with Crippen LogP contribution >= 0.6 is 15.9 Å². The van der Waals surface area contributed by atoms with Crippen molar-refractivity contribution in [2.75, 3.05) is 6.61 Å². The van der Waals surface area contributed by atoms with Gasteiger partial charge in [-0.1, -0.05) is 40.0 Å². The molecule has 3 rings (SSSR count). The lowest BCUT2D eigenvalue weighted by Crippen LogP contribution is -2.04. The molecule has 0 amide bonds. The van der Waals surface area contributed by atoms with Gasteiger partial charge in [-0.3, -0.25) is 0 Å². The molecular formula is C17H11BrN2O2. The van der Waals surface area contributed by atoms with E-state index in [1.807, 2.05) is 24.3 Å². The molecule has 3 aromatic rings. The average Bonchev–Trinajstić information content (AvgIpc) is 2.95. The van der Waals surface area contributed by atoms with Crippen molar-refractivity contribution in [1.82, 2.24) is 9.97 Å². The van der Waals surface area contributed by atoms with E-state index in [9.17, 15) is 4.79 Å². The molecule has 2 aromatic carbocycles. The van der Waals surface area contributed by atoms with E-state index in [4.69, 9.17) is 11.2 Å². The number of nitrogens with one attached hydrogen (secondary N) is 1. The number of ether oxygens (including phenoxy) is 1. The van der Waals surface area contributed by atoms with Gasteiger partial charge in [0.15, 0.2) is 6.61 Å². The standard InChI is InChI=1S/C17H11BrN2O2/c1-2-9-22-17(21)11-7-8-14-15(10-11)20-16(19-14)12-5-3-4-6-13(12)18/h1,3-8,10H,9H2,(H,19,20). The molecule has 4 nitrogen and oxygen atoms in total. The summed E-state index contributed by atoms with van der Waals surface area (Å²) in [6.07, 6.45) is 5.08. The van der Waals surface area contributed by atoms with Crippen LogP contribution in [0.2, 0.25) is 0 Å². The maximum atomic E-state index is 11.8. The number of hydrogen-bond donors (Lipinski definition) is 1. The lowest BCUT2D eigenvalue weighted by Gasteiger charge is -2.00. The summed E-state index contributed by atoms with van der Waals surface area (Å²) >= 11 is 3.50. The molecule has 0 saturated carbocycles. The molecule has 0 aliphatic heterocycles. The molecule has 0 unspecified atom stereocenters. The first-order valence-electron chi connectivity index (χ1n) is 6.54. The van der Waals surface area contributed by atoms with Gasteiger partial charge in [0.05, 0.1) is 16.6 Å². The number of nitrogens with zero attached hydrogens (tertiary/aromatic N) is 1. The minimum atomic E-state index is -0.447. The van der Waals surface area contributed by atoms with Gasteiger partial charge in [-0.05, 0) is 24.3 Å². The lowest BCUT2D eigenvalue weighted by molar-refractivity contribution is 0.0557. The van der Waals surface area contributed by atoms with Crippen molar-refractivity contribution in [3.8, 4) is 23.7 Å². The fourth-order valence-electron chi connectivity index (χ4n) is 2.11. The van der Waals surface area contributed by atoms with Crippen LogP contribution in [0.3, 0.4) is 0 Å². The first-order chi connectivity index (χ1) is 10.7. The van der Waals surface area contributed by atoms with Crippen LogP contribution in [0.15, 0.2) is 46.9 Å². The fraction of sp³-hybridized carbons (Fsp3) is 0.0588. The number of rotatable bonds is 3. The van der Waals surface area contributed by atoms with E-state index in [0.717, 1.165) is 26.9 Å². The molecule has 0 radical (unpaired) electrons. The molecule has 5 heteroatoms. The largest absolute Gasteiger partial charge is 0.449 e. The third kappa shape index (κ3) is 2.74. The summed E-state index contributed by atoms with van der Waals surface area (Å²) < 4.78 is 5.87. The normalized spacial score (nSPS) is 10.4. The highest BCUT2D eigenvalue weighted by atomic mass is 79.9. The zero-order valence-corrected chi connectivity index (χ0v) is 13.1. The van der Waals surface area contributed by atoms with Crippen LogP contribution in [0.1, 0.15) is 10.4 Å². The number of hydrogen-bond acceptors (Lipinski definition) is 3. The van der Waals surface area contributed by atoms with Crippen LogP contribution in [0.5, 0.6) is 0 Å². The summed E-state index contributed by atoms with van der Waals surface area (Å²) in [4.78, 5) is 19.6. The van der Waals surface area contributed by atoms with E-state index in [1.165, 1.54) is 0 Å². The predicted molar refractivity (Wildman–Crippen MR) is 88.3 cm³/mol. The molecule has 0 spiro atoms. The number of aromatic amines is 1. The van der Waals surface area contributed by atoms with E-state index in [0.29, 0.717) is 5.56 Å². The molecule has 0 aliphatic rings. The second-order valence-electron chi connectivity index (χ2n) is 4.58. The molecule has 0 fully saturated rings. The number of H-pyrrole nitrogens is 1. The lowest BCUT2D eigenvalue weighted by atomic mass is 10.2. The molecule has 0 saturated heterocycles. The Hall–Kier alpha value is -2.58. The number of terminal acetylenes is 1. The maximum absolute atomic E-state index is 11.8. The van der Waals surface area contributed by atoms with Gasteiger partial charge < -0.3 is 9.72 Å². The molecule has 0 bridgehead atoms. The van der Waals surface area contributed by atoms with Crippen LogP contribution in [0.4, 0.5) is 0 Å². The summed E-state index contributed by atoms with van der Waals surface area (Å²) in [6, 6.07) is 13.0. The second kappa shape index (κ2) is 6.04. The highest BCUT2D eigenvalue weighted by molar-refractivity contribution is 9.10. The van der Waals surface area contributed by atoms with Crippen LogP contribution in [-0.2, 0) is 4.74 Å². The average molecular weight is 355 g/mol. The summed E-state index contributed by atoms with van der Waals surface area (Å²) in [7, 11) is 0. The third-order valence-corrected chi connectivity index (χ3v) is 3.82. The SMILES string of the molecule is C#CCOC(=O)c1ccc2nc(-c3ccccc3Br)[nH]c2c1. The molecule has 1 heterocycles. The Kier molecular flexibility index (Phi) is 3.94. The van der Waals surface area contributed by atoms with E-state index in [2.05, 4.69) is 31.8 Å². The minimum absolute atomic E-state index is 0.0396. The third-order valence-electron chi connectivity index (χ3n) is 3.13. The van der Waals surface area contributed by atoms with Crippen molar-refractivity contribution < 1.29 is 9.53 Å². The van der Waals surface area contributed by atoms with Gasteiger partial charge in [0.25, 0.3) is 0 Å². The van der Waals surface area contributed by atoms with Crippen LogP contribution < -0.4 is 0 Å². The predicted octanol–water partition coefficient (Wildman–Crippen LogP) is 3.78. The van der Waals surface area contributed by atoms with Crippen molar-refractivity contribution in [3.05, 3.63) is 52.5 Å². The summed E-state index contributed by atoms with van der Waals surface area (Å²) in [5, 5.41) is 0. The highest BCUT2D eigenvalue weighted by Crippen LogP contribution is 2.27. The number of benzene rings is 2. The van der Waals surface area contributed by atoms with E-state index >= 15 is 0 Å². The Morgan fingerprint density at radius 2 is 2.14 bits per heavy atom. The molecule has 1 aromatic heterocycles. The van der Waals surface area contributed by atoms with Crippen molar-refractivity contribution in [2.45, 2.75) is 0 Å². The second-order valence-corrected chi connectivity index (χ2v) is 5.43. The molecule has 1 N–H and O–H groups in total. The zero-order valence-electron chi connectivity index (χ0n) is 11.5. The Balaban J connectivity index is 1.99. The smallest absolute Gasteiger partial charge is 0.339 e. The number of halogens is 1. The number of carbonyl (C=O) groups excluding carboxylic acids is 1. The Morgan fingerprint density at radius 3 is 2.91 bits per heavy atom. The van der Waals surface area contributed by atoms with Crippen molar-refractivity contribution in [3.63, 3.8) is 0 Å². The highest BCUT2D eigenvalue weighted by Gasteiger charge is 2.11. The zero-order chi connectivity index (χ0) is 15.5. The number of esters is 1. The number of aromatic nitrogens is 2. The quantitative estimate of drug-likeness (QED) is 0.575. The fourth-order valence-corrected chi connectivity index (χ4v) is 2.58. The van der Waals surface area contributed by atoms with Crippen molar-refractivity contribution >= 4 is 32.9 Å². The van der Waals surface area contributed by atoms with E-state index in [-0.39, 0.29) is 6.61 Å². The first kappa shape index (κ1) is 14.4. The van der Waals surface area contributed by atoms with Gasteiger partial charge in [-0.2, -0.15) is 0 Å². The van der Waals surface area contributed by atoms with Gasteiger partial charge in [0, 0.05) is 10.0 Å². The summed E-state index contributed by atoms with van der Waals surface area (Å²) in [5.41, 5.74) is 2.93. The van der Waals surface area contributed by atoms with Crippen LogP contribution in [0.25, 0.3) is 22.4 Å². The number of fused-ring (bicyclic) bond motifs is 1. The van der Waals surface area contributed by atoms with Gasteiger partial charge in [0.1, 0.15) is 5.82 Å². The van der Waals surface area contributed by atoms with E-state index < -0.39 is 5.97 Å².